The maximum absolute atomic E-state index is 6.13. The standard InChI is InChI=1S/C18H21ClN2S/c1-11-5-7-15(9-13(11)3)14(4)20-18(22)21-16-8-6-12(2)17(19)10-16/h5-10,14H,1-4H3,(H2,20,21,22)/t14-/m1/s1. The van der Waals surface area contributed by atoms with Crippen molar-refractivity contribution in [3.8, 4) is 0 Å². The van der Waals surface area contributed by atoms with Crippen molar-refractivity contribution in [1.82, 2.24) is 5.32 Å². The molecule has 2 nitrogen and oxygen atoms in total. The van der Waals surface area contributed by atoms with Crippen molar-refractivity contribution >= 4 is 34.6 Å². The van der Waals surface area contributed by atoms with Gasteiger partial charge >= 0.3 is 0 Å². The third kappa shape index (κ3) is 4.21. The molecule has 0 aliphatic rings. The number of rotatable bonds is 3. The summed E-state index contributed by atoms with van der Waals surface area (Å²) < 4.78 is 0. The Labute approximate surface area is 142 Å². The van der Waals surface area contributed by atoms with E-state index in [9.17, 15) is 0 Å². The summed E-state index contributed by atoms with van der Waals surface area (Å²) in [6, 6.07) is 12.4. The van der Waals surface area contributed by atoms with Crippen LogP contribution in [0.25, 0.3) is 0 Å². The molecule has 2 aromatic rings. The first kappa shape index (κ1) is 16.8. The second-order valence-corrected chi connectivity index (χ2v) is 6.44. The summed E-state index contributed by atoms with van der Waals surface area (Å²) in [5.74, 6) is 0. The van der Waals surface area contributed by atoms with Gasteiger partial charge in [-0.3, -0.25) is 0 Å². The van der Waals surface area contributed by atoms with Gasteiger partial charge in [0.05, 0.1) is 6.04 Å². The summed E-state index contributed by atoms with van der Waals surface area (Å²) >= 11 is 11.5. The van der Waals surface area contributed by atoms with Crippen LogP contribution in [0.2, 0.25) is 5.02 Å². The van der Waals surface area contributed by atoms with E-state index < -0.39 is 0 Å². The normalized spacial score (nSPS) is 11.9. The van der Waals surface area contributed by atoms with Gasteiger partial charge in [-0.05, 0) is 74.3 Å². The molecule has 0 aliphatic carbocycles. The zero-order valence-corrected chi connectivity index (χ0v) is 14.9. The van der Waals surface area contributed by atoms with Crippen LogP contribution in [0.3, 0.4) is 0 Å². The second kappa shape index (κ2) is 7.12. The maximum Gasteiger partial charge on any atom is 0.171 e. The van der Waals surface area contributed by atoms with Crippen LogP contribution in [0.15, 0.2) is 36.4 Å². The Hall–Kier alpha value is -1.58. The van der Waals surface area contributed by atoms with Gasteiger partial charge in [0.15, 0.2) is 5.11 Å². The molecular formula is C18H21ClN2S. The highest BCUT2D eigenvalue weighted by atomic mass is 35.5. The van der Waals surface area contributed by atoms with E-state index in [1.165, 1.54) is 16.7 Å². The van der Waals surface area contributed by atoms with Gasteiger partial charge in [0, 0.05) is 10.7 Å². The van der Waals surface area contributed by atoms with Gasteiger partial charge in [0.2, 0.25) is 0 Å². The van der Waals surface area contributed by atoms with Crippen molar-refractivity contribution < 1.29 is 0 Å². The Kier molecular flexibility index (Phi) is 5.43. The lowest BCUT2D eigenvalue weighted by Crippen LogP contribution is -2.30. The number of anilines is 1. The van der Waals surface area contributed by atoms with Gasteiger partial charge < -0.3 is 10.6 Å². The van der Waals surface area contributed by atoms with Crippen LogP contribution in [-0.4, -0.2) is 5.11 Å². The lowest BCUT2D eigenvalue weighted by molar-refractivity contribution is 0.721. The van der Waals surface area contributed by atoms with Crippen LogP contribution in [0.4, 0.5) is 5.69 Å². The molecule has 0 aromatic heterocycles. The topological polar surface area (TPSA) is 24.1 Å². The summed E-state index contributed by atoms with van der Waals surface area (Å²) in [6.07, 6.45) is 0. The summed E-state index contributed by atoms with van der Waals surface area (Å²) in [5, 5.41) is 7.80. The van der Waals surface area contributed by atoms with Crippen molar-refractivity contribution in [2.24, 2.45) is 0 Å². The summed E-state index contributed by atoms with van der Waals surface area (Å²) in [6.45, 7) is 8.31. The molecule has 0 bridgehead atoms. The molecule has 0 amide bonds. The van der Waals surface area contributed by atoms with E-state index in [1.807, 2.05) is 25.1 Å². The SMILES string of the molecule is Cc1ccc([C@@H](C)NC(=S)Nc2ccc(C)c(Cl)c2)cc1C. The number of benzene rings is 2. The van der Waals surface area contributed by atoms with Crippen LogP contribution in [-0.2, 0) is 0 Å². The highest BCUT2D eigenvalue weighted by Crippen LogP contribution is 2.20. The maximum atomic E-state index is 6.13. The van der Waals surface area contributed by atoms with Gasteiger partial charge in [-0.25, -0.2) is 0 Å². The molecule has 2 rings (SSSR count). The molecule has 2 aromatic carbocycles. The predicted octanol–water partition coefficient (Wildman–Crippen LogP) is 5.31. The van der Waals surface area contributed by atoms with E-state index in [4.69, 9.17) is 23.8 Å². The average Bonchev–Trinajstić information content (AvgIpc) is 2.45. The molecule has 116 valence electrons. The average molecular weight is 333 g/mol. The van der Waals surface area contributed by atoms with Gasteiger partial charge in [-0.15, -0.1) is 0 Å². The zero-order chi connectivity index (χ0) is 16.3. The minimum absolute atomic E-state index is 0.139. The van der Waals surface area contributed by atoms with Crippen LogP contribution in [0, 0.1) is 20.8 Å². The molecule has 0 unspecified atom stereocenters. The third-order valence-corrected chi connectivity index (χ3v) is 4.44. The monoisotopic (exact) mass is 332 g/mol. The Morgan fingerprint density at radius 1 is 1.00 bits per heavy atom. The van der Waals surface area contributed by atoms with Gasteiger partial charge in [0.1, 0.15) is 0 Å². The number of aryl methyl sites for hydroxylation is 3. The Morgan fingerprint density at radius 3 is 2.32 bits per heavy atom. The lowest BCUT2D eigenvalue weighted by atomic mass is 10.0. The van der Waals surface area contributed by atoms with Gasteiger partial charge in [-0.1, -0.05) is 35.9 Å². The van der Waals surface area contributed by atoms with Gasteiger partial charge in [0.25, 0.3) is 0 Å². The van der Waals surface area contributed by atoms with E-state index in [0.29, 0.717) is 5.11 Å². The van der Waals surface area contributed by atoms with Crippen molar-refractivity contribution in [3.05, 3.63) is 63.7 Å². The summed E-state index contributed by atoms with van der Waals surface area (Å²) in [7, 11) is 0. The van der Waals surface area contributed by atoms with Crippen molar-refractivity contribution in [1.29, 1.82) is 0 Å². The molecule has 0 fully saturated rings. The Bertz CT molecular complexity index is 697. The van der Waals surface area contributed by atoms with Crippen LogP contribution >= 0.6 is 23.8 Å². The molecule has 0 aliphatic heterocycles. The fraction of sp³-hybridized carbons (Fsp3) is 0.278. The van der Waals surface area contributed by atoms with Crippen molar-refractivity contribution in [2.45, 2.75) is 33.7 Å². The summed E-state index contributed by atoms with van der Waals surface area (Å²) in [5.41, 5.74) is 5.74. The highest BCUT2D eigenvalue weighted by Gasteiger charge is 2.08. The Balaban J connectivity index is 2.01. The van der Waals surface area contributed by atoms with E-state index in [1.54, 1.807) is 0 Å². The minimum atomic E-state index is 0.139. The molecular weight excluding hydrogens is 312 g/mol. The van der Waals surface area contributed by atoms with Crippen molar-refractivity contribution in [3.63, 3.8) is 0 Å². The molecule has 4 heteroatoms. The molecule has 2 N–H and O–H groups in total. The smallest absolute Gasteiger partial charge is 0.171 e. The molecule has 0 saturated carbocycles. The number of nitrogens with one attached hydrogen (secondary N) is 2. The number of halogens is 1. The fourth-order valence-electron chi connectivity index (χ4n) is 2.15. The van der Waals surface area contributed by atoms with E-state index in [2.05, 4.69) is 49.6 Å². The molecule has 0 radical (unpaired) electrons. The molecule has 0 heterocycles. The van der Waals surface area contributed by atoms with E-state index in [0.717, 1.165) is 16.3 Å². The highest BCUT2D eigenvalue weighted by molar-refractivity contribution is 7.80. The third-order valence-electron chi connectivity index (χ3n) is 3.81. The van der Waals surface area contributed by atoms with E-state index in [-0.39, 0.29) is 6.04 Å². The lowest BCUT2D eigenvalue weighted by Gasteiger charge is -2.18. The molecule has 0 spiro atoms. The van der Waals surface area contributed by atoms with Gasteiger partial charge in [-0.2, -0.15) is 0 Å². The quantitative estimate of drug-likeness (QED) is 0.744. The number of hydrogen-bond acceptors (Lipinski definition) is 1. The summed E-state index contributed by atoms with van der Waals surface area (Å²) in [4.78, 5) is 0. The predicted molar refractivity (Wildman–Crippen MR) is 99.9 cm³/mol. The largest absolute Gasteiger partial charge is 0.356 e. The molecule has 1 atom stereocenters. The molecule has 22 heavy (non-hydrogen) atoms. The zero-order valence-electron chi connectivity index (χ0n) is 13.3. The van der Waals surface area contributed by atoms with E-state index >= 15 is 0 Å². The second-order valence-electron chi connectivity index (χ2n) is 5.63. The number of thiocarbonyl (C=S) groups is 1. The van der Waals surface area contributed by atoms with Crippen LogP contribution < -0.4 is 10.6 Å². The van der Waals surface area contributed by atoms with Crippen LogP contribution in [0.5, 0.6) is 0 Å². The van der Waals surface area contributed by atoms with Crippen molar-refractivity contribution in [2.75, 3.05) is 5.32 Å². The fourth-order valence-corrected chi connectivity index (χ4v) is 2.63. The first-order valence-corrected chi connectivity index (χ1v) is 8.06. The number of hydrogen-bond donors (Lipinski definition) is 2. The minimum Gasteiger partial charge on any atom is -0.356 e. The first-order valence-electron chi connectivity index (χ1n) is 7.27. The molecule has 0 saturated heterocycles. The van der Waals surface area contributed by atoms with Crippen LogP contribution in [0.1, 0.15) is 35.2 Å². The first-order chi connectivity index (χ1) is 10.4. The Morgan fingerprint density at radius 2 is 1.68 bits per heavy atom.